The molecule has 1 aliphatic heterocycles. The fourth-order valence-electron chi connectivity index (χ4n) is 3.80. The molecule has 5 rings (SSSR count). The van der Waals surface area contributed by atoms with Gasteiger partial charge in [-0.3, -0.25) is 9.48 Å². The van der Waals surface area contributed by atoms with E-state index in [1.807, 2.05) is 36.5 Å². The van der Waals surface area contributed by atoms with Gasteiger partial charge in [0.25, 0.3) is 11.8 Å². The molecule has 0 saturated carbocycles. The van der Waals surface area contributed by atoms with Crippen LogP contribution in [0.4, 0.5) is 0 Å². The van der Waals surface area contributed by atoms with Gasteiger partial charge in [-0.15, -0.1) is 21.5 Å². The molecule has 5 heterocycles. The molecule has 0 radical (unpaired) electrons. The topological polar surface area (TPSA) is 103 Å². The van der Waals surface area contributed by atoms with E-state index in [-0.39, 0.29) is 17.8 Å². The zero-order chi connectivity index (χ0) is 21.5. The molecule has 0 aliphatic carbocycles. The minimum absolute atomic E-state index is 0.00763. The van der Waals surface area contributed by atoms with E-state index in [1.54, 1.807) is 35.1 Å². The summed E-state index contributed by atoms with van der Waals surface area (Å²) >= 11 is 1.61. The zero-order valence-corrected chi connectivity index (χ0v) is 18.3. The Bertz CT molecular complexity index is 1200. The maximum Gasteiger partial charge on any atom is 0.266 e. The van der Waals surface area contributed by atoms with Crippen LogP contribution in [0.3, 0.4) is 0 Å². The van der Waals surface area contributed by atoms with E-state index in [1.165, 1.54) is 0 Å². The number of aromatic nitrogens is 6. The van der Waals surface area contributed by atoms with Gasteiger partial charge in [0, 0.05) is 43.4 Å². The second-order valence-electron chi connectivity index (χ2n) is 7.61. The van der Waals surface area contributed by atoms with Crippen LogP contribution >= 0.6 is 11.3 Å². The van der Waals surface area contributed by atoms with Crippen LogP contribution in [-0.2, 0) is 7.05 Å². The van der Waals surface area contributed by atoms with Crippen LogP contribution in [0.1, 0.15) is 45.8 Å². The number of nitrogens with zero attached hydrogens (tertiary/aromatic N) is 7. The van der Waals surface area contributed by atoms with Gasteiger partial charge in [0.1, 0.15) is 16.4 Å². The Labute approximate surface area is 182 Å². The molecule has 0 N–H and O–H groups in total. The summed E-state index contributed by atoms with van der Waals surface area (Å²) in [4.78, 5) is 24.8. The van der Waals surface area contributed by atoms with Gasteiger partial charge < -0.3 is 9.32 Å². The number of likely N-dealkylation sites (tertiary alicyclic amines) is 1. The Morgan fingerprint density at radius 2 is 2.00 bits per heavy atom. The molecule has 31 heavy (non-hydrogen) atoms. The highest BCUT2D eigenvalue weighted by Gasteiger charge is 2.33. The smallest absolute Gasteiger partial charge is 0.266 e. The highest BCUT2D eigenvalue weighted by atomic mass is 32.1. The molecule has 1 aliphatic rings. The van der Waals surface area contributed by atoms with E-state index in [9.17, 15) is 4.79 Å². The fraction of sp³-hybridized carbons (Fsp3) is 0.333. The normalized spacial score (nSPS) is 16.2. The van der Waals surface area contributed by atoms with Crippen molar-refractivity contribution in [2.24, 2.45) is 7.05 Å². The summed E-state index contributed by atoms with van der Waals surface area (Å²) in [5.41, 5.74) is 3.20. The summed E-state index contributed by atoms with van der Waals surface area (Å²) in [6.07, 6.45) is 3.69. The number of amides is 1. The summed E-state index contributed by atoms with van der Waals surface area (Å²) in [5.74, 6) is 0.650. The molecular weight excluding hydrogens is 414 g/mol. The van der Waals surface area contributed by atoms with Gasteiger partial charge in [-0.05, 0) is 38.0 Å². The highest BCUT2D eigenvalue weighted by molar-refractivity contribution is 7.09. The number of hydrogen-bond donors (Lipinski definition) is 0. The molecule has 1 saturated heterocycles. The van der Waals surface area contributed by atoms with Crippen LogP contribution < -0.4 is 0 Å². The van der Waals surface area contributed by atoms with Gasteiger partial charge in [-0.2, -0.15) is 5.10 Å². The van der Waals surface area contributed by atoms with Crippen LogP contribution in [0.15, 0.2) is 34.2 Å². The Balaban J connectivity index is 1.56. The standard InChI is InChI=1S/C21H21N7O2S/c1-12-11-31-20(22-12)18-5-4-7-28(18)21(29)14-9-16(15-6-8-27(3)26-15)23-17(10-14)19-25-24-13(2)30-19/h6,8-11,18H,4-5,7H2,1-3H3. The number of pyridine rings is 1. The van der Waals surface area contributed by atoms with E-state index >= 15 is 0 Å². The zero-order valence-electron chi connectivity index (χ0n) is 17.4. The lowest BCUT2D eigenvalue weighted by atomic mass is 10.1. The molecule has 0 aromatic carbocycles. The van der Waals surface area contributed by atoms with Gasteiger partial charge >= 0.3 is 0 Å². The monoisotopic (exact) mass is 435 g/mol. The molecule has 9 nitrogen and oxygen atoms in total. The average molecular weight is 436 g/mol. The van der Waals surface area contributed by atoms with Crippen molar-refractivity contribution in [1.82, 2.24) is 34.8 Å². The molecule has 0 bridgehead atoms. The van der Waals surface area contributed by atoms with Gasteiger partial charge in [-0.25, -0.2) is 9.97 Å². The molecule has 1 unspecified atom stereocenters. The maximum absolute atomic E-state index is 13.6. The summed E-state index contributed by atoms with van der Waals surface area (Å²) < 4.78 is 7.27. The third-order valence-electron chi connectivity index (χ3n) is 5.23. The van der Waals surface area contributed by atoms with Gasteiger partial charge in [0.15, 0.2) is 0 Å². The highest BCUT2D eigenvalue weighted by Crippen LogP contribution is 2.35. The minimum Gasteiger partial charge on any atom is -0.420 e. The largest absolute Gasteiger partial charge is 0.420 e. The fourth-order valence-corrected chi connectivity index (χ4v) is 4.75. The van der Waals surface area contributed by atoms with Crippen LogP contribution in [0.25, 0.3) is 23.0 Å². The van der Waals surface area contributed by atoms with Crippen LogP contribution in [-0.4, -0.2) is 47.3 Å². The molecule has 1 atom stereocenters. The molecule has 158 valence electrons. The lowest BCUT2D eigenvalue weighted by molar-refractivity contribution is 0.0735. The van der Waals surface area contributed by atoms with E-state index < -0.39 is 0 Å². The lowest BCUT2D eigenvalue weighted by Gasteiger charge is -2.23. The average Bonchev–Trinajstić information content (AvgIpc) is 3.54. The molecule has 10 heteroatoms. The number of rotatable bonds is 4. The summed E-state index contributed by atoms with van der Waals surface area (Å²) in [5, 5.41) is 15.4. The van der Waals surface area contributed by atoms with Gasteiger partial charge in [0.05, 0.1) is 11.7 Å². The Morgan fingerprint density at radius 3 is 2.68 bits per heavy atom. The molecular formula is C21H21N7O2S. The van der Waals surface area contributed by atoms with E-state index in [4.69, 9.17) is 4.42 Å². The quantitative estimate of drug-likeness (QED) is 0.483. The van der Waals surface area contributed by atoms with Gasteiger partial charge in [0.2, 0.25) is 5.89 Å². The van der Waals surface area contributed by atoms with Crippen LogP contribution in [0.5, 0.6) is 0 Å². The van der Waals surface area contributed by atoms with Crippen LogP contribution in [0.2, 0.25) is 0 Å². The first-order chi connectivity index (χ1) is 15.0. The van der Waals surface area contributed by atoms with Crippen molar-refractivity contribution >= 4 is 17.2 Å². The minimum atomic E-state index is -0.0626. The molecule has 4 aromatic heterocycles. The SMILES string of the molecule is Cc1csc(C2CCCN2C(=O)c2cc(-c3ccn(C)n3)nc(-c3nnc(C)o3)c2)n1. The van der Waals surface area contributed by atoms with Gasteiger partial charge in [-0.1, -0.05) is 0 Å². The van der Waals surface area contributed by atoms with Crippen molar-refractivity contribution in [3.05, 3.63) is 51.9 Å². The summed E-state index contributed by atoms with van der Waals surface area (Å²) in [6, 6.07) is 5.34. The number of thiazole rings is 1. The second-order valence-corrected chi connectivity index (χ2v) is 8.50. The van der Waals surface area contributed by atoms with Crippen molar-refractivity contribution in [2.45, 2.75) is 32.7 Å². The number of carbonyl (C=O) groups is 1. The summed E-state index contributed by atoms with van der Waals surface area (Å²) in [6.45, 7) is 4.39. The Kier molecular flexibility index (Phi) is 4.85. The Hall–Kier alpha value is -3.40. The van der Waals surface area contributed by atoms with E-state index in [2.05, 4.69) is 25.3 Å². The van der Waals surface area contributed by atoms with E-state index in [0.29, 0.717) is 35.1 Å². The summed E-state index contributed by atoms with van der Waals surface area (Å²) in [7, 11) is 1.84. The number of aryl methyl sites for hydroxylation is 3. The first-order valence-corrected chi connectivity index (χ1v) is 10.9. The molecule has 1 amide bonds. The van der Waals surface area contributed by atoms with Crippen molar-refractivity contribution in [3.63, 3.8) is 0 Å². The molecule has 0 spiro atoms. The first kappa shape index (κ1) is 19.6. The van der Waals surface area contributed by atoms with Crippen molar-refractivity contribution < 1.29 is 9.21 Å². The van der Waals surface area contributed by atoms with E-state index in [0.717, 1.165) is 23.5 Å². The predicted octanol–water partition coefficient (Wildman–Crippen LogP) is 3.58. The number of hydrogen-bond acceptors (Lipinski definition) is 8. The van der Waals surface area contributed by atoms with Crippen molar-refractivity contribution in [3.8, 4) is 23.0 Å². The molecule has 1 fully saturated rings. The second kappa shape index (κ2) is 7.69. The first-order valence-electron chi connectivity index (χ1n) is 10.0. The lowest BCUT2D eigenvalue weighted by Crippen LogP contribution is -2.30. The maximum atomic E-state index is 13.6. The number of carbonyl (C=O) groups excluding carboxylic acids is 1. The molecule has 4 aromatic rings. The van der Waals surface area contributed by atoms with Crippen molar-refractivity contribution in [2.75, 3.05) is 6.54 Å². The van der Waals surface area contributed by atoms with Crippen molar-refractivity contribution in [1.29, 1.82) is 0 Å². The van der Waals surface area contributed by atoms with Crippen LogP contribution in [0, 0.1) is 13.8 Å². The third-order valence-corrected chi connectivity index (χ3v) is 6.29. The Morgan fingerprint density at radius 1 is 1.16 bits per heavy atom. The predicted molar refractivity (Wildman–Crippen MR) is 114 cm³/mol. The third kappa shape index (κ3) is 3.74.